The minimum Gasteiger partial charge on any atom is -0.459 e. The van der Waals surface area contributed by atoms with E-state index in [-0.39, 0.29) is 12.2 Å². The van der Waals surface area contributed by atoms with Gasteiger partial charge in [0.1, 0.15) is 12.7 Å². The molecule has 2 aromatic rings. The highest BCUT2D eigenvalue weighted by Crippen LogP contribution is 2.29. The molecule has 1 aliphatic heterocycles. The minimum absolute atomic E-state index is 0.255. The molecule has 0 aromatic heterocycles. The van der Waals surface area contributed by atoms with E-state index in [9.17, 15) is 19.2 Å². The maximum absolute atomic E-state index is 12.6. The Labute approximate surface area is 184 Å². The van der Waals surface area contributed by atoms with Crippen LogP contribution in [-0.2, 0) is 33.3 Å². The van der Waals surface area contributed by atoms with E-state index >= 15 is 0 Å². The molecule has 0 amide bonds. The van der Waals surface area contributed by atoms with Crippen LogP contribution in [0.1, 0.15) is 34.6 Å². The van der Waals surface area contributed by atoms with Crippen LogP contribution in [-0.4, -0.2) is 55.1 Å². The Hall–Kier alpha value is -3.72. The summed E-state index contributed by atoms with van der Waals surface area (Å²) >= 11 is 0. The molecule has 9 heteroatoms. The predicted octanol–water partition coefficient (Wildman–Crippen LogP) is 2.29. The van der Waals surface area contributed by atoms with E-state index in [0.717, 1.165) is 13.8 Å². The largest absolute Gasteiger partial charge is 0.459 e. The third kappa shape index (κ3) is 5.92. The van der Waals surface area contributed by atoms with E-state index in [1.165, 1.54) is 0 Å². The van der Waals surface area contributed by atoms with Gasteiger partial charge in [0, 0.05) is 13.8 Å². The fourth-order valence-electron chi connectivity index (χ4n) is 3.12. The van der Waals surface area contributed by atoms with Crippen LogP contribution in [0.25, 0.3) is 0 Å². The van der Waals surface area contributed by atoms with Crippen molar-refractivity contribution in [1.82, 2.24) is 0 Å². The summed E-state index contributed by atoms with van der Waals surface area (Å²) in [6.07, 6.45) is -4.83. The number of esters is 4. The van der Waals surface area contributed by atoms with E-state index in [0.29, 0.717) is 5.56 Å². The molecule has 1 fully saturated rings. The highest BCUT2D eigenvalue weighted by atomic mass is 16.8. The van der Waals surface area contributed by atoms with Crippen LogP contribution < -0.4 is 0 Å². The lowest BCUT2D eigenvalue weighted by Gasteiger charge is -2.23. The molecule has 3 rings (SSSR count). The van der Waals surface area contributed by atoms with Gasteiger partial charge < -0.3 is 23.7 Å². The average molecular weight is 442 g/mol. The molecule has 2 aromatic carbocycles. The fraction of sp³-hybridized carbons (Fsp3) is 0.304. The Morgan fingerprint density at radius 2 is 1.25 bits per heavy atom. The summed E-state index contributed by atoms with van der Waals surface area (Å²) in [5, 5.41) is 0. The van der Waals surface area contributed by atoms with Gasteiger partial charge in [-0.15, -0.1) is 0 Å². The summed E-state index contributed by atoms with van der Waals surface area (Å²) in [7, 11) is 0. The lowest BCUT2D eigenvalue weighted by Crippen LogP contribution is -2.42. The predicted molar refractivity (Wildman–Crippen MR) is 108 cm³/mol. The second-order valence-electron chi connectivity index (χ2n) is 6.93. The van der Waals surface area contributed by atoms with Gasteiger partial charge in [0.25, 0.3) is 0 Å². The number of benzene rings is 2. The van der Waals surface area contributed by atoms with Gasteiger partial charge in [-0.2, -0.15) is 0 Å². The van der Waals surface area contributed by atoms with Crippen molar-refractivity contribution in [3.05, 3.63) is 71.8 Å². The molecule has 168 valence electrons. The van der Waals surface area contributed by atoms with Gasteiger partial charge in [0.2, 0.25) is 12.4 Å². The fourth-order valence-corrected chi connectivity index (χ4v) is 3.12. The van der Waals surface area contributed by atoms with Crippen LogP contribution in [0.15, 0.2) is 60.7 Å². The van der Waals surface area contributed by atoms with Gasteiger partial charge in [0.15, 0.2) is 6.10 Å². The first-order chi connectivity index (χ1) is 15.3. The quantitative estimate of drug-likeness (QED) is 0.470. The molecule has 0 spiro atoms. The topological polar surface area (TPSA) is 114 Å². The van der Waals surface area contributed by atoms with Crippen molar-refractivity contribution >= 4 is 23.9 Å². The van der Waals surface area contributed by atoms with Crippen molar-refractivity contribution in [1.29, 1.82) is 0 Å². The Bertz CT molecular complexity index is 958. The van der Waals surface area contributed by atoms with Gasteiger partial charge in [-0.25, -0.2) is 9.59 Å². The summed E-state index contributed by atoms with van der Waals surface area (Å²) in [6, 6.07) is 16.4. The second-order valence-corrected chi connectivity index (χ2v) is 6.93. The minimum atomic E-state index is -1.34. The Morgan fingerprint density at radius 1 is 0.719 bits per heavy atom. The molecular formula is C23H22O9. The van der Waals surface area contributed by atoms with E-state index in [2.05, 4.69) is 0 Å². The second kappa shape index (κ2) is 10.5. The van der Waals surface area contributed by atoms with E-state index in [1.54, 1.807) is 60.7 Å². The van der Waals surface area contributed by atoms with Gasteiger partial charge in [-0.3, -0.25) is 9.59 Å². The smallest absolute Gasteiger partial charge is 0.338 e. The van der Waals surface area contributed by atoms with Gasteiger partial charge in [-0.05, 0) is 24.3 Å². The Morgan fingerprint density at radius 3 is 1.78 bits per heavy atom. The number of hydrogen-bond acceptors (Lipinski definition) is 9. The van der Waals surface area contributed by atoms with E-state index < -0.39 is 48.5 Å². The van der Waals surface area contributed by atoms with Crippen molar-refractivity contribution < 1.29 is 42.9 Å². The molecule has 0 radical (unpaired) electrons. The first-order valence-electron chi connectivity index (χ1n) is 9.83. The van der Waals surface area contributed by atoms with E-state index in [1.807, 2.05) is 0 Å². The molecule has 1 saturated heterocycles. The molecule has 0 aliphatic carbocycles. The molecule has 0 N–H and O–H groups in total. The highest BCUT2D eigenvalue weighted by molar-refractivity contribution is 5.90. The normalized spacial score (nSPS) is 21.9. The van der Waals surface area contributed by atoms with Crippen LogP contribution in [0, 0.1) is 0 Å². The Balaban J connectivity index is 1.80. The molecule has 0 saturated carbocycles. The van der Waals surface area contributed by atoms with Gasteiger partial charge in [0.05, 0.1) is 11.1 Å². The van der Waals surface area contributed by atoms with Crippen LogP contribution in [0.3, 0.4) is 0 Å². The van der Waals surface area contributed by atoms with Gasteiger partial charge in [-0.1, -0.05) is 36.4 Å². The zero-order chi connectivity index (χ0) is 23.1. The SMILES string of the molecule is CC(=O)OC1O[C@H](COC(=O)c2ccccc2)[C@@H](OC(=O)c2ccccc2)[C@H]1OC(C)=O. The number of carbonyl (C=O) groups excluding carboxylic acids is 4. The number of rotatable bonds is 7. The monoisotopic (exact) mass is 442 g/mol. The average Bonchev–Trinajstić information content (AvgIpc) is 3.08. The molecule has 0 bridgehead atoms. The molecule has 32 heavy (non-hydrogen) atoms. The van der Waals surface area contributed by atoms with Crippen LogP contribution >= 0.6 is 0 Å². The summed E-state index contributed by atoms with van der Waals surface area (Å²) in [5.41, 5.74) is 0.571. The lowest BCUT2D eigenvalue weighted by atomic mass is 10.1. The summed E-state index contributed by atoms with van der Waals surface area (Å²) in [5.74, 6) is -2.72. The van der Waals surface area contributed by atoms with Crippen molar-refractivity contribution in [3.8, 4) is 0 Å². The first kappa shape index (κ1) is 23.0. The Kier molecular flexibility index (Phi) is 7.56. The molecule has 4 atom stereocenters. The van der Waals surface area contributed by atoms with Crippen LogP contribution in [0.2, 0.25) is 0 Å². The highest BCUT2D eigenvalue weighted by Gasteiger charge is 2.51. The van der Waals surface area contributed by atoms with Crippen LogP contribution in [0.5, 0.6) is 0 Å². The first-order valence-corrected chi connectivity index (χ1v) is 9.83. The maximum Gasteiger partial charge on any atom is 0.338 e. The maximum atomic E-state index is 12.6. The van der Waals surface area contributed by atoms with Crippen molar-refractivity contribution in [3.63, 3.8) is 0 Å². The molecule has 1 aliphatic rings. The standard InChI is InChI=1S/C23H22O9/c1-14(24)29-20-19(32-22(27)17-11-7-4-8-12-17)18(31-23(20)30-15(2)25)13-28-21(26)16-9-5-3-6-10-16/h3-12,18-20,23H,13H2,1-2H3/t18-,19-,20-,23?/m1/s1. The molecule has 1 unspecified atom stereocenters. The third-order valence-electron chi connectivity index (χ3n) is 4.49. The number of hydrogen-bond donors (Lipinski definition) is 0. The lowest BCUT2D eigenvalue weighted by molar-refractivity contribution is -0.196. The number of ether oxygens (including phenoxy) is 5. The summed E-state index contributed by atoms with van der Waals surface area (Å²) < 4.78 is 26.8. The zero-order valence-corrected chi connectivity index (χ0v) is 17.5. The number of carbonyl (C=O) groups is 4. The van der Waals surface area contributed by atoms with Crippen LogP contribution in [0.4, 0.5) is 0 Å². The molecular weight excluding hydrogens is 420 g/mol. The van der Waals surface area contributed by atoms with Crippen molar-refractivity contribution in [2.45, 2.75) is 38.4 Å². The van der Waals surface area contributed by atoms with Gasteiger partial charge >= 0.3 is 23.9 Å². The molecule has 1 heterocycles. The van der Waals surface area contributed by atoms with Crippen molar-refractivity contribution in [2.24, 2.45) is 0 Å². The van der Waals surface area contributed by atoms with Crippen molar-refractivity contribution in [2.75, 3.05) is 6.61 Å². The zero-order valence-electron chi connectivity index (χ0n) is 17.5. The molecule has 9 nitrogen and oxygen atoms in total. The summed E-state index contributed by atoms with van der Waals surface area (Å²) in [6.45, 7) is 1.97. The third-order valence-corrected chi connectivity index (χ3v) is 4.49. The summed E-state index contributed by atoms with van der Waals surface area (Å²) in [4.78, 5) is 48.1. The van der Waals surface area contributed by atoms with E-state index in [4.69, 9.17) is 23.7 Å².